The van der Waals surface area contributed by atoms with E-state index in [-0.39, 0.29) is 11.8 Å². The molecule has 29 heavy (non-hydrogen) atoms. The first-order valence-electron chi connectivity index (χ1n) is 10.3. The van der Waals surface area contributed by atoms with Gasteiger partial charge >= 0.3 is 0 Å². The standard InChI is InChI=1S/C22H25N5O2/c1-25-9-4-10-27-20(22(25)29)14-18(24-27)15-7-11-26(12-8-15)21(28)19-13-16-5-2-3-6-17(16)23-19/h2-3,5-6,13-15,23H,4,7-12H2,1H3. The van der Waals surface area contributed by atoms with Crippen LogP contribution in [0.5, 0.6) is 0 Å². The molecule has 1 fully saturated rings. The molecule has 2 aliphatic rings. The second-order valence-corrected chi connectivity index (χ2v) is 8.09. The molecule has 0 aliphatic carbocycles. The highest BCUT2D eigenvalue weighted by Crippen LogP contribution is 2.29. The maximum atomic E-state index is 12.9. The van der Waals surface area contributed by atoms with Crippen LogP contribution in [0.25, 0.3) is 10.9 Å². The van der Waals surface area contributed by atoms with Crippen LogP contribution in [-0.4, -0.2) is 63.1 Å². The number of aromatic amines is 1. The van der Waals surface area contributed by atoms with Crippen molar-refractivity contribution in [2.45, 2.75) is 31.7 Å². The Morgan fingerprint density at radius 2 is 1.90 bits per heavy atom. The minimum Gasteiger partial charge on any atom is -0.351 e. The summed E-state index contributed by atoms with van der Waals surface area (Å²) in [4.78, 5) is 32.3. The van der Waals surface area contributed by atoms with E-state index in [2.05, 4.69) is 4.98 Å². The number of hydrogen-bond donors (Lipinski definition) is 1. The highest BCUT2D eigenvalue weighted by atomic mass is 16.2. The van der Waals surface area contributed by atoms with Crippen LogP contribution in [0.4, 0.5) is 0 Å². The summed E-state index contributed by atoms with van der Waals surface area (Å²) in [5.41, 5.74) is 3.31. The molecule has 2 aromatic heterocycles. The van der Waals surface area contributed by atoms with E-state index >= 15 is 0 Å². The monoisotopic (exact) mass is 391 g/mol. The van der Waals surface area contributed by atoms with E-state index in [9.17, 15) is 9.59 Å². The number of likely N-dealkylation sites (tertiary alicyclic amines) is 1. The lowest BCUT2D eigenvalue weighted by atomic mass is 9.93. The number of piperidine rings is 1. The molecule has 0 spiro atoms. The number of aryl methyl sites for hydroxylation is 1. The van der Waals surface area contributed by atoms with E-state index < -0.39 is 0 Å². The Morgan fingerprint density at radius 1 is 1.10 bits per heavy atom. The lowest BCUT2D eigenvalue weighted by molar-refractivity contribution is 0.0706. The third-order valence-corrected chi connectivity index (χ3v) is 6.19. The lowest BCUT2D eigenvalue weighted by Gasteiger charge is -2.31. The second-order valence-electron chi connectivity index (χ2n) is 8.09. The summed E-state index contributed by atoms with van der Waals surface area (Å²) in [6, 6.07) is 11.8. The summed E-state index contributed by atoms with van der Waals surface area (Å²) < 4.78 is 1.86. The van der Waals surface area contributed by atoms with Gasteiger partial charge < -0.3 is 14.8 Å². The van der Waals surface area contributed by atoms with Crippen LogP contribution in [0.15, 0.2) is 36.4 Å². The Morgan fingerprint density at radius 3 is 2.69 bits per heavy atom. The molecule has 2 aliphatic heterocycles. The molecular formula is C22H25N5O2. The number of H-pyrrole nitrogens is 1. The zero-order valence-corrected chi connectivity index (χ0v) is 16.6. The summed E-state index contributed by atoms with van der Waals surface area (Å²) in [6.45, 7) is 2.96. The number of para-hydroxylation sites is 1. The second kappa shape index (κ2) is 7.06. The zero-order chi connectivity index (χ0) is 20.0. The third-order valence-electron chi connectivity index (χ3n) is 6.19. The molecule has 1 saturated heterocycles. The number of nitrogens with zero attached hydrogens (tertiary/aromatic N) is 4. The molecule has 0 saturated carbocycles. The Bertz CT molecular complexity index is 1040. The lowest BCUT2D eigenvalue weighted by Crippen LogP contribution is -2.38. The third kappa shape index (κ3) is 3.20. The first-order valence-corrected chi connectivity index (χ1v) is 10.3. The first kappa shape index (κ1) is 18.0. The van der Waals surface area contributed by atoms with E-state index in [0.717, 1.165) is 48.9 Å². The van der Waals surface area contributed by atoms with Crippen molar-refractivity contribution >= 4 is 22.7 Å². The van der Waals surface area contributed by atoms with Crippen molar-refractivity contribution in [1.82, 2.24) is 24.6 Å². The van der Waals surface area contributed by atoms with Gasteiger partial charge in [-0.05, 0) is 37.5 Å². The Kier molecular flexibility index (Phi) is 4.38. The van der Waals surface area contributed by atoms with Crippen molar-refractivity contribution in [3.8, 4) is 0 Å². The van der Waals surface area contributed by atoms with Gasteiger partial charge in [0.05, 0.1) is 5.69 Å². The van der Waals surface area contributed by atoms with E-state index in [0.29, 0.717) is 30.4 Å². The van der Waals surface area contributed by atoms with Gasteiger partial charge in [-0.3, -0.25) is 14.3 Å². The van der Waals surface area contributed by atoms with Crippen LogP contribution in [0.2, 0.25) is 0 Å². The van der Waals surface area contributed by atoms with E-state index in [1.54, 1.807) is 4.90 Å². The van der Waals surface area contributed by atoms with Gasteiger partial charge in [-0.1, -0.05) is 18.2 Å². The molecule has 5 rings (SSSR count). The molecule has 7 heteroatoms. The van der Waals surface area contributed by atoms with Crippen LogP contribution in [0, 0.1) is 0 Å². The highest BCUT2D eigenvalue weighted by molar-refractivity contribution is 5.98. The number of rotatable bonds is 2. The molecular weight excluding hydrogens is 366 g/mol. The molecule has 0 unspecified atom stereocenters. The van der Waals surface area contributed by atoms with Gasteiger partial charge in [0.2, 0.25) is 0 Å². The molecule has 150 valence electrons. The summed E-state index contributed by atoms with van der Waals surface area (Å²) in [7, 11) is 1.85. The number of fused-ring (bicyclic) bond motifs is 2. The number of nitrogens with one attached hydrogen (secondary N) is 1. The normalized spacial score (nSPS) is 18.2. The molecule has 1 aromatic carbocycles. The molecule has 0 atom stereocenters. The van der Waals surface area contributed by atoms with Crippen molar-refractivity contribution in [2.75, 3.05) is 26.7 Å². The molecule has 2 amide bonds. The average molecular weight is 391 g/mol. The minimum atomic E-state index is 0.0488. The topological polar surface area (TPSA) is 74.2 Å². The summed E-state index contributed by atoms with van der Waals surface area (Å²) in [6.07, 6.45) is 2.66. The maximum Gasteiger partial charge on any atom is 0.271 e. The fourth-order valence-electron chi connectivity index (χ4n) is 4.47. The number of aromatic nitrogens is 3. The van der Waals surface area contributed by atoms with Crippen LogP contribution >= 0.6 is 0 Å². The molecule has 4 heterocycles. The van der Waals surface area contributed by atoms with Gasteiger partial charge in [-0.25, -0.2) is 0 Å². The predicted octanol–water partition coefficient (Wildman–Crippen LogP) is 2.86. The molecule has 7 nitrogen and oxygen atoms in total. The Balaban J connectivity index is 1.28. The van der Waals surface area contributed by atoms with Crippen LogP contribution in [-0.2, 0) is 6.54 Å². The largest absolute Gasteiger partial charge is 0.351 e. The van der Waals surface area contributed by atoms with Gasteiger partial charge in [-0.2, -0.15) is 5.10 Å². The Labute approximate surface area is 169 Å². The molecule has 0 bridgehead atoms. The number of carbonyl (C=O) groups is 2. The number of benzene rings is 1. The van der Waals surface area contributed by atoms with E-state index in [1.165, 1.54) is 0 Å². The fourth-order valence-corrected chi connectivity index (χ4v) is 4.47. The van der Waals surface area contributed by atoms with Gasteiger partial charge in [-0.15, -0.1) is 0 Å². The van der Waals surface area contributed by atoms with Crippen LogP contribution in [0.1, 0.15) is 51.9 Å². The number of carbonyl (C=O) groups excluding carboxylic acids is 2. The van der Waals surface area contributed by atoms with Gasteiger partial charge in [0, 0.05) is 50.0 Å². The van der Waals surface area contributed by atoms with Gasteiger partial charge in [0.25, 0.3) is 11.8 Å². The summed E-state index contributed by atoms with van der Waals surface area (Å²) in [5.74, 6) is 0.393. The Hall–Kier alpha value is -3.09. The molecule has 1 N–H and O–H groups in total. The number of hydrogen-bond acceptors (Lipinski definition) is 3. The van der Waals surface area contributed by atoms with Gasteiger partial charge in [0.15, 0.2) is 0 Å². The van der Waals surface area contributed by atoms with Crippen molar-refractivity contribution in [3.05, 3.63) is 53.5 Å². The minimum absolute atomic E-state index is 0.0488. The predicted molar refractivity (Wildman–Crippen MR) is 110 cm³/mol. The van der Waals surface area contributed by atoms with Crippen molar-refractivity contribution in [3.63, 3.8) is 0 Å². The first-order chi connectivity index (χ1) is 14.1. The summed E-state index contributed by atoms with van der Waals surface area (Å²) >= 11 is 0. The molecule has 3 aromatic rings. The highest BCUT2D eigenvalue weighted by Gasteiger charge is 2.29. The van der Waals surface area contributed by atoms with Crippen molar-refractivity contribution in [1.29, 1.82) is 0 Å². The number of amides is 2. The SMILES string of the molecule is CN1CCCn2nc(C3CCN(C(=O)c4cc5ccccc5[nH]4)CC3)cc2C1=O. The van der Waals surface area contributed by atoms with Crippen molar-refractivity contribution in [2.24, 2.45) is 0 Å². The van der Waals surface area contributed by atoms with Crippen LogP contribution in [0.3, 0.4) is 0 Å². The molecule has 0 radical (unpaired) electrons. The van der Waals surface area contributed by atoms with Gasteiger partial charge in [0.1, 0.15) is 11.4 Å². The van der Waals surface area contributed by atoms with Crippen molar-refractivity contribution < 1.29 is 9.59 Å². The van der Waals surface area contributed by atoms with E-state index in [4.69, 9.17) is 5.10 Å². The van der Waals surface area contributed by atoms with Crippen LogP contribution < -0.4 is 0 Å². The smallest absolute Gasteiger partial charge is 0.271 e. The average Bonchev–Trinajstić information content (AvgIpc) is 3.34. The summed E-state index contributed by atoms with van der Waals surface area (Å²) in [5, 5.41) is 5.79. The zero-order valence-electron chi connectivity index (χ0n) is 16.6. The quantitative estimate of drug-likeness (QED) is 0.730. The maximum absolute atomic E-state index is 12.9. The van der Waals surface area contributed by atoms with E-state index in [1.807, 2.05) is 53.0 Å². The fraction of sp³-hybridized carbons (Fsp3) is 0.409.